The summed E-state index contributed by atoms with van der Waals surface area (Å²) in [5.74, 6) is -0.600. The maximum Gasteiger partial charge on any atom is 0.312 e. The fourth-order valence-corrected chi connectivity index (χ4v) is 1.14. The average molecular weight is 211 g/mol. The van der Waals surface area contributed by atoms with Crippen molar-refractivity contribution in [1.29, 1.82) is 0 Å². The van der Waals surface area contributed by atoms with E-state index in [1.807, 2.05) is 0 Å². The topological polar surface area (TPSA) is 79.4 Å². The number of aromatic nitrogens is 1. The minimum Gasteiger partial charge on any atom is -0.508 e. The Morgan fingerprint density at radius 1 is 1.53 bits per heavy atom. The number of rotatable bonds is 3. The van der Waals surface area contributed by atoms with Gasteiger partial charge in [-0.2, -0.15) is 0 Å². The van der Waals surface area contributed by atoms with Crippen molar-refractivity contribution in [2.24, 2.45) is 0 Å². The largest absolute Gasteiger partial charge is 0.508 e. The highest BCUT2D eigenvalue weighted by atomic mass is 16.5. The second-order valence-corrected chi connectivity index (χ2v) is 3.44. The fourth-order valence-electron chi connectivity index (χ4n) is 1.14. The van der Waals surface area contributed by atoms with Gasteiger partial charge in [0.1, 0.15) is 5.75 Å². The standard InChI is InChI=1S/C10H13NO4/c1-6(2)15-10(14)4-7-3-8(12)5-9(13)11-7/h3,5-6H,4H2,1-2H3,(H2,11,12,13). The van der Waals surface area contributed by atoms with Gasteiger partial charge < -0.3 is 14.8 Å². The van der Waals surface area contributed by atoms with Crippen LogP contribution in [0.2, 0.25) is 0 Å². The van der Waals surface area contributed by atoms with Crippen LogP contribution >= 0.6 is 0 Å². The summed E-state index contributed by atoms with van der Waals surface area (Å²) in [4.78, 5) is 24.6. The van der Waals surface area contributed by atoms with Crippen molar-refractivity contribution in [3.8, 4) is 5.75 Å². The Kier molecular flexibility index (Phi) is 3.49. The van der Waals surface area contributed by atoms with Gasteiger partial charge in [0.05, 0.1) is 12.5 Å². The molecule has 0 saturated carbocycles. The number of hydrogen-bond donors (Lipinski definition) is 2. The third-order valence-corrected chi connectivity index (χ3v) is 1.59. The highest BCUT2D eigenvalue weighted by Crippen LogP contribution is 2.06. The first kappa shape index (κ1) is 11.3. The minimum atomic E-state index is -0.442. The van der Waals surface area contributed by atoms with Crippen molar-refractivity contribution in [3.05, 3.63) is 28.2 Å². The number of nitrogens with one attached hydrogen (secondary N) is 1. The Labute approximate surface area is 86.7 Å². The average Bonchev–Trinajstić information content (AvgIpc) is 1.98. The number of H-pyrrole nitrogens is 1. The summed E-state index contributed by atoms with van der Waals surface area (Å²) in [5.41, 5.74) is -0.104. The third-order valence-electron chi connectivity index (χ3n) is 1.59. The molecule has 5 heteroatoms. The van der Waals surface area contributed by atoms with E-state index in [-0.39, 0.29) is 18.3 Å². The molecule has 1 rings (SSSR count). The number of hydrogen-bond acceptors (Lipinski definition) is 4. The summed E-state index contributed by atoms with van der Waals surface area (Å²) in [5, 5.41) is 9.12. The van der Waals surface area contributed by atoms with Gasteiger partial charge >= 0.3 is 5.97 Å². The predicted molar refractivity (Wildman–Crippen MR) is 53.7 cm³/mol. The molecule has 0 aliphatic heterocycles. The third kappa shape index (κ3) is 3.84. The van der Waals surface area contributed by atoms with Gasteiger partial charge in [-0.15, -0.1) is 0 Å². The maximum atomic E-state index is 11.2. The van der Waals surface area contributed by atoms with Crippen molar-refractivity contribution in [1.82, 2.24) is 4.98 Å². The van der Waals surface area contributed by atoms with Crippen LogP contribution in [0.5, 0.6) is 5.75 Å². The Hall–Kier alpha value is -1.78. The lowest BCUT2D eigenvalue weighted by Gasteiger charge is -2.07. The Bertz CT molecular complexity index is 408. The summed E-state index contributed by atoms with van der Waals surface area (Å²) in [6.45, 7) is 3.48. The van der Waals surface area contributed by atoms with E-state index in [1.54, 1.807) is 13.8 Å². The van der Waals surface area contributed by atoms with Crippen molar-refractivity contribution in [2.45, 2.75) is 26.4 Å². The van der Waals surface area contributed by atoms with E-state index in [1.165, 1.54) is 6.07 Å². The van der Waals surface area contributed by atoms with Crippen LogP contribution < -0.4 is 5.56 Å². The molecule has 0 atom stereocenters. The van der Waals surface area contributed by atoms with Crippen LogP contribution in [0.3, 0.4) is 0 Å². The molecule has 0 spiro atoms. The SMILES string of the molecule is CC(C)OC(=O)Cc1cc(O)cc(=O)[nH]1. The van der Waals surface area contributed by atoms with E-state index >= 15 is 0 Å². The zero-order chi connectivity index (χ0) is 11.4. The monoisotopic (exact) mass is 211 g/mol. The number of pyridine rings is 1. The van der Waals surface area contributed by atoms with Crippen LogP contribution in [0.4, 0.5) is 0 Å². The van der Waals surface area contributed by atoms with E-state index in [2.05, 4.69) is 4.98 Å². The molecule has 2 N–H and O–H groups in total. The maximum absolute atomic E-state index is 11.2. The van der Waals surface area contributed by atoms with Gasteiger partial charge in [0.25, 0.3) is 5.56 Å². The number of carbonyl (C=O) groups excluding carboxylic acids is 1. The first-order valence-electron chi connectivity index (χ1n) is 4.59. The van der Waals surface area contributed by atoms with Gasteiger partial charge in [-0.1, -0.05) is 0 Å². The summed E-state index contributed by atoms with van der Waals surface area (Å²) in [7, 11) is 0. The molecule has 0 radical (unpaired) electrons. The summed E-state index contributed by atoms with van der Waals surface area (Å²) < 4.78 is 4.89. The van der Waals surface area contributed by atoms with Crippen LogP contribution in [0.15, 0.2) is 16.9 Å². The molecule has 0 aromatic carbocycles. The molecule has 0 saturated heterocycles. The summed E-state index contributed by atoms with van der Waals surface area (Å²) in [6.07, 6.45) is -0.247. The molecule has 15 heavy (non-hydrogen) atoms. The van der Waals surface area contributed by atoms with Gasteiger partial charge in [-0.3, -0.25) is 9.59 Å². The normalized spacial score (nSPS) is 10.3. The number of aromatic hydroxyl groups is 1. The minimum absolute atomic E-state index is 0.0538. The van der Waals surface area contributed by atoms with E-state index in [4.69, 9.17) is 9.84 Å². The van der Waals surface area contributed by atoms with Crippen LogP contribution in [-0.2, 0) is 16.0 Å². The second-order valence-electron chi connectivity index (χ2n) is 3.44. The quantitative estimate of drug-likeness (QED) is 0.716. The first-order valence-corrected chi connectivity index (χ1v) is 4.59. The van der Waals surface area contributed by atoms with Crippen LogP contribution in [0.25, 0.3) is 0 Å². The Morgan fingerprint density at radius 3 is 2.73 bits per heavy atom. The lowest BCUT2D eigenvalue weighted by molar-refractivity contribution is -0.146. The second kappa shape index (κ2) is 4.63. The Morgan fingerprint density at radius 2 is 2.20 bits per heavy atom. The first-order chi connectivity index (χ1) is 6.97. The van der Waals surface area contributed by atoms with Gasteiger partial charge in [0.2, 0.25) is 0 Å². The zero-order valence-corrected chi connectivity index (χ0v) is 8.61. The molecule has 0 unspecified atom stereocenters. The number of ether oxygens (including phenoxy) is 1. The summed E-state index contributed by atoms with van der Waals surface area (Å²) in [6, 6.07) is 2.36. The molecule has 1 heterocycles. The number of esters is 1. The van der Waals surface area contributed by atoms with Crippen molar-refractivity contribution >= 4 is 5.97 Å². The van der Waals surface area contributed by atoms with Crippen LogP contribution in [0, 0.1) is 0 Å². The fraction of sp³-hybridized carbons (Fsp3) is 0.400. The zero-order valence-electron chi connectivity index (χ0n) is 8.61. The molecular weight excluding hydrogens is 198 g/mol. The van der Waals surface area contributed by atoms with E-state index in [9.17, 15) is 9.59 Å². The molecule has 0 fully saturated rings. The molecule has 0 aliphatic rings. The van der Waals surface area contributed by atoms with E-state index in [0.29, 0.717) is 5.69 Å². The number of aromatic amines is 1. The predicted octanol–water partition coefficient (Wildman–Crippen LogP) is 0.575. The molecule has 1 aromatic rings. The van der Waals surface area contributed by atoms with Gasteiger partial charge in [0, 0.05) is 17.8 Å². The van der Waals surface area contributed by atoms with Gasteiger partial charge in [-0.25, -0.2) is 0 Å². The smallest absolute Gasteiger partial charge is 0.312 e. The van der Waals surface area contributed by atoms with Gasteiger partial charge in [0.15, 0.2) is 0 Å². The van der Waals surface area contributed by atoms with E-state index < -0.39 is 11.5 Å². The molecule has 0 aliphatic carbocycles. The van der Waals surface area contributed by atoms with Crippen LogP contribution in [0.1, 0.15) is 19.5 Å². The number of carbonyl (C=O) groups is 1. The lowest BCUT2D eigenvalue weighted by Crippen LogP contribution is -2.16. The molecule has 5 nitrogen and oxygen atoms in total. The Balaban J connectivity index is 2.72. The molecule has 1 aromatic heterocycles. The highest BCUT2D eigenvalue weighted by Gasteiger charge is 2.08. The van der Waals surface area contributed by atoms with Crippen molar-refractivity contribution < 1.29 is 14.6 Å². The molecule has 0 bridgehead atoms. The molecular formula is C10H13NO4. The lowest BCUT2D eigenvalue weighted by atomic mass is 10.2. The highest BCUT2D eigenvalue weighted by molar-refractivity contribution is 5.72. The molecule has 82 valence electrons. The summed E-state index contributed by atoms with van der Waals surface area (Å²) >= 11 is 0. The van der Waals surface area contributed by atoms with Crippen LogP contribution in [-0.4, -0.2) is 22.2 Å². The van der Waals surface area contributed by atoms with E-state index in [0.717, 1.165) is 6.07 Å². The molecule has 0 amide bonds. The van der Waals surface area contributed by atoms with Crippen molar-refractivity contribution in [3.63, 3.8) is 0 Å². The van der Waals surface area contributed by atoms with Crippen molar-refractivity contribution in [2.75, 3.05) is 0 Å². The van der Waals surface area contributed by atoms with Gasteiger partial charge in [-0.05, 0) is 13.8 Å².